The van der Waals surface area contributed by atoms with Crippen LogP contribution in [0.15, 0.2) is 41.3 Å². The lowest BCUT2D eigenvalue weighted by atomic mass is 9.96. The van der Waals surface area contributed by atoms with E-state index in [1.807, 2.05) is 13.2 Å². The lowest BCUT2D eigenvalue weighted by Gasteiger charge is -2.11. The lowest BCUT2D eigenvalue weighted by Crippen LogP contribution is -1.94. The first-order valence-corrected chi connectivity index (χ1v) is 6.42. The number of benzene rings is 1. The van der Waals surface area contributed by atoms with Gasteiger partial charge < -0.3 is 0 Å². The highest BCUT2D eigenvalue weighted by Gasteiger charge is 2.12. The molecule has 16 heavy (non-hydrogen) atoms. The molecule has 0 N–H and O–H groups in total. The number of thioether (sulfide) groups is 1. The smallest absolute Gasteiger partial charge is 0.101 e. The van der Waals surface area contributed by atoms with Gasteiger partial charge in [-0.05, 0) is 30.4 Å². The van der Waals surface area contributed by atoms with E-state index in [4.69, 9.17) is 5.26 Å². The van der Waals surface area contributed by atoms with E-state index >= 15 is 0 Å². The minimum absolute atomic E-state index is 0.373. The molecule has 1 aromatic carbocycles. The molecule has 0 atom stereocenters. The topological polar surface area (TPSA) is 23.8 Å². The van der Waals surface area contributed by atoms with Crippen LogP contribution in [0.4, 0.5) is 0 Å². The molecule has 0 aromatic heterocycles. The first kappa shape index (κ1) is 11.0. The third kappa shape index (κ3) is 1.91. The number of hydrogen-bond acceptors (Lipinski definition) is 2. The van der Waals surface area contributed by atoms with Crippen LogP contribution in [0.1, 0.15) is 22.6 Å². The van der Waals surface area contributed by atoms with Crippen molar-refractivity contribution >= 4 is 11.8 Å². The first-order valence-electron chi connectivity index (χ1n) is 5.20. The Kier molecular flexibility index (Phi) is 3.17. The van der Waals surface area contributed by atoms with Gasteiger partial charge in [-0.3, -0.25) is 0 Å². The number of allylic oxidation sites excluding steroid dienone is 4. The molecule has 0 fully saturated rings. The molecule has 0 bridgehead atoms. The molecule has 1 aliphatic carbocycles. The van der Waals surface area contributed by atoms with Gasteiger partial charge in [0.1, 0.15) is 6.07 Å². The van der Waals surface area contributed by atoms with Crippen LogP contribution >= 0.6 is 11.8 Å². The summed E-state index contributed by atoms with van der Waals surface area (Å²) in [6.07, 6.45) is 10.5. The molecule has 1 nitrogen and oxygen atoms in total. The molecule has 0 saturated carbocycles. The maximum absolute atomic E-state index is 9.10. The third-order valence-corrected chi connectivity index (χ3v) is 3.55. The van der Waals surface area contributed by atoms with Crippen molar-refractivity contribution in [2.45, 2.75) is 17.7 Å². The Hall–Kier alpha value is -1.46. The summed E-state index contributed by atoms with van der Waals surface area (Å²) < 4.78 is 0. The summed E-state index contributed by atoms with van der Waals surface area (Å²) in [4.78, 5) is 1.08. The van der Waals surface area contributed by atoms with Gasteiger partial charge in [0.2, 0.25) is 0 Å². The molecular formula is C14H13NS. The molecule has 2 heteroatoms. The van der Waals surface area contributed by atoms with Crippen LogP contribution in [0.3, 0.4) is 0 Å². The van der Waals surface area contributed by atoms with Crippen LogP contribution in [-0.2, 0) is 0 Å². The minimum Gasteiger partial charge on any atom is -0.192 e. The van der Waals surface area contributed by atoms with Crippen molar-refractivity contribution in [2.75, 3.05) is 6.26 Å². The molecule has 0 heterocycles. The van der Waals surface area contributed by atoms with Gasteiger partial charge in [0.15, 0.2) is 0 Å². The summed E-state index contributed by atoms with van der Waals surface area (Å²) in [6.45, 7) is 2.00. The van der Waals surface area contributed by atoms with Gasteiger partial charge in [-0.25, -0.2) is 0 Å². The van der Waals surface area contributed by atoms with E-state index in [1.54, 1.807) is 11.8 Å². The Balaban J connectivity index is 2.50. The van der Waals surface area contributed by atoms with E-state index in [0.29, 0.717) is 5.92 Å². The highest BCUT2D eigenvalue weighted by atomic mass is 32.2. The average molecular weight is 227 g/mol. The van der Waals surface area contributed by atoms with Crippen molar-refractivity contribution in [3.63, 3.8) is 0 Å². The largest absolute Gasteiger partial charge is 0.192 e. The zero-order valence-corrected chi connectivity index (χ0v) is 10.2. The maximum Gasteiger partial charge on any atom is 0.101 e. The lowest BCUT2D eigenvalue weighted by molar-refractivity contribution is 1.07. The summed E-state index contributed by atoms with van der Waals surface area (Å²) in [5, 5.41) is 9.10. The second kappa shape index (κ2) is 4.59. The summed E-state index contributed by atoms with van der Waals surface area (Å²) in [7, 11) is 0. The molecule has 0 radical (unpaired) electrons. The molecule has 0 aliphatic heterocycles. The molecular weight excluding hydrogens is 214 g/mol. The van der Waals surface area contributed by atoms with Crippen LogP contribution in [0, 0.1) is 18.3 Å². The van der Waals surface area contributed by atoms with Crippen molar-refractivity contribution in [1.29, 1.82) is 5.26 Å². The highest BCUT2D eigenvalue weighted by Crippen LogP contribution is 2.30. The third-order valence-electron chi connectivity index (χ3n) is 2.79. The zero-order chi connectivity index (χ0) is 11.5. The normalized spacial score (nSPS) is 14.3. The van der Waals surface area contributed by atoms with Crippen LogP contribution in [0.5, 0.6) is 0 Å². The van der Waals surface area contributed by atoms with Gasteiger partial charge in [-0.2, -0.15) is 5.26 Å². The van der Waals surface area contributed by atoms with Crippen LogP contribution < -0.4 is 0 Å². The van der Waals surface area contributed by atoms with E-state index in [-0.39, 0.29) is 0 Å². The number of nitrogens with zero attached hydrogens (tertiary/aromatic N) is 1. The number of nitriles is 1. The summed E-state index contributed by atoms with van der Waals surface area (Å²) >= 11 is 1.64. The van der Waals surface area contributed by atoms with E-state index < -0.39 is 0 Å². The summed E-state index contributed by atoms with van der Waals surface area (Å²) in [6, 6.07) is 6.52. The fraction of sp³-hybridized carbons (Fsp3) is 0.214. The maximum atomic E-state index is 9.10. The van der Waals surface area contributed by atoms with E-state index in [0.717, 1.165) is 16.0 Å². The van der Waals surface area contributed by atoms with Gasteiger partial charge in [0.05, 0.1) is 5.56 Å². The zero-order valence-electron chi connectivity index (χ0n) is 9.40. The van der Waals surface area contributed by atoms with Crippen molar-refractivity contribution in [3.8, 4) is 6.07 Å². The minimum atomic E-state index is 0.373. The molecule has 1 aromatic rings. The monoisotopic (exact) mass is 227 g/mol. The SMILES string of the molecule is CSc1cc(C2C=CC=C2)cc(C)c1C#N. The molecule has 80 valence electrons. The second-order valence-corrected chi connectivity index (χ2v) is 4.67. The highest BCUT2D eigenvalue weighted by molar-refractivity contribution is 7.98. The molecule has 0 saturated heterocycles. The predicted molar refractivity (Wildman–Crippen MR) is 68.7 cm³/mol. The van der Waals surface area contributed by atoms with Crippen molar-refractivity contribution < 1.29 is 0 Å². The Labute approximate surface area is 100 Å². The Morgan fingerprint density at radius 1 is 1.25 bits per heavy atom. The van der Waals surface area contributed by atoms with Gasteiger partial charge in [-0.1, -0.05) is 30.4 Å². The number of rotatable bonds is 2. The molecule has 0 unspecified atom stereocenters. The number of aryl methyl sites for hydroxylation is 1. The van der Waals surface area contributed by atoms with Crippen LogP contribution in [0.2, 0.25) is 0 Å². The van der Waals surface area contributed by atoms with Gasteiger partial charge in [0.25, 0.3) is 0 Å². The molecule has 0 amide bonds. The number of hydrogen-bond donors (Lipinski definition) is 0. The average Bonchev–Trinajstić information content (AvgIpc) is 2.81. The van der Waals surface area contributed by atoms with Crippen molar-refractivity contribution in [2.24, 2.45) is 0 Å². The fourth-order valence-corrected chi connectivity index (χ4v) is 2.60. The van der Waals surface area contributed by atoms with Gasteiger partial charge in [-0.15, -0.1) is 11.8 Å². The van der Waals surface area contributed by atoms with Crippen molar-refractivity contribution in [1.82, 2.24) is 0 Å². The first-order chi connectivity index (χ1) is 7.76. The van der Waals surface area contributed by atoms with Gasteiger partial charge in [0, 0.05) is 10.8 Å². The van der Waals surface area contributed by atoms with E-state index in [1.165, 1.54) is 5.56 Å². The summed E-state index contributed by atoms with van der Waals surface area (Å²) in [5.41, 5.74) is 3.14. The summed E-state index contributed by atoms with van der Waals surface area (Å²) in [5.74, 6) is 0.373. The van der Waals surface area contributed by atoms with Crippen molar-refractivity contribution in [3.05, 3.63) is 53.1 Å². The fourth-order valence-electron chi connectivity index (χ4n) is 1.93. The molecule has 0 spiro atoms. The second-order valence-electron chi connectivity index (χ2n) is 3.82. The Morgan fingerprint density at radius 3 is 2.50 bits per heavy atom. The van der Waals surface area contributed by atoms with E-state index in [2.05, 4.69) is 42.5 Å². The van der Waals surface area contributed by atoms with E-state index in [9.17, 15) is 0 Å². The Morgan fingerprint density at radius 2 is 1.94 bits per heavy atom. The molecule has 2 rings (SSSR count). The van der Waals surface area contributed by atoms with Gasteiger partial charge >= 0.3 is 0 Å². The predicted octanol–water partition coefficient (Wildman–Crippen LogP) is 3.80. The Bertz CT molecular complexity index is 494. The van der Waals surface area contributed by atoms with Crippen LogP contribution in [-0.4, -0.2) is 6.26 Å². The molecule has 1 aliphatic rings. The quantitative estimate of drug-likeness (QED) is 0.717. The standard InChI is InChI=1S/C14H13NS/c1-10-7-12(11-5-3-4-6-11)8-14(16-2)13(10)9-15/h3-8,11H,1-2H3. The van der Waals surface area contributed by atoms with Crippen LogP contribution in [0.25, 0.3) is 0 Å².